The Morgan fingerprint density at radius 3 is 2.19 bits per heavy atom. The summed E-state index contributed by atoms with van der Waals surface area (Å²) in [5.41, 5.74) is -0.215. The van der Waals surface area contributed by atoms with E-state index in [1.807, 2.05) is 20.8 Å². The van der Waals surface area contributed by atoms with E-state index < -0.39 is 0 Å². The Labute approximate surface area is 129 Å². The fourth-order valence-corrected chi connectivity index (χ4v) is 2.07. The Balaban J connectivity index is 4.16. The van der Waals surface area contributed by atoms with Gasteiger partial charge in [0.05, 0.1) is 6.54 Å². The van der Waals surface area contributed by atoms with Gasteiger partial charge in [-0.3, -0.25) is 14.7 Å². The smallest absolute Gasteiger partial charge is 0.239 e. The first-order valence-corrected chi connectivity index (χ1v) is 7.73. The number of hydrogen-bond donors (Lipinski definition) is 3. The van der Waals surface area contributed by atoms with Crippen molar-refractivity contribution >= 4 is 11.9 Å². The lowest BCUT2D eigenvalue weighted by Gasteiger charge is -2.27. The van der Waals surface area contributed by atoms with Crippen LogP contribution in [0.4, 0.5) is 0 Å². The molecule has 0 fully saturated rings. The van der Waals surface area contributed by atoms with Crippen LogP contribution < -0.4 is 16.0 Å². The Morgan fingerprint density at radius 1 is 1.19 bits per heavy atom. The zero-order chi connectivity index (χ0) is 16.5. The molecule has 0 saturated heterocycles. The summed E-state index contributed by atoms with van der Waals surface area (Å²) < 4.78 is 0. The molecule has 0 bridgehead atoms. The van der Waals surface area contributed by atoms with E-state index in [0.29, 0.717) is 12.0 Å². The Morgan fingerprint density at radius 2 is 1.76 bits per heavy atom. The zero-order valence-corrected chi connectivity index (χ0v) is 14.7. The molecule has 0 spiro atoms. The van der Waals surface area contributed by atoms with Gasteiger partial charge in [0.1, 0.15) is 0 Å². The maximum Gasteiger partial charge on any atom is 0.239 e. The van der Waals surface area contributed by atoms with Crippen LogP contribution in [0, 0.1) is 0 Å². The van der Waals surface area contributed by atoms with E-state index in [9.17, 15) is 4.79 Å². The molecule has 1 unspecified atom stereocenters. The van der Waals surface area contributed by atoms with Crippen LogP contribution in [0.15, 0.2) is 4.99 Å². The number of carbonyl (C=O) groups excluding carboxylic acids is 1. The van der Waals surface area contributed by atoms with E-state index in [1.54, 1.807) is 7.05 Å². The standard InChI is InChI=1S/C15H33N5O/c1-8-20(9-2)12(3)10-17-14(16-7)18-11-13(21)19-15(4,5)6/h12H,8-11H2,1-7H3,(H,19,21)(H2,16,17,18). The third-order valence-electron chi connectivity index (χ3n) is 3.16. The van der Waals surface area contributed by atoms with Gasteiger partial charge in [0, 0.05) is 25.2 Å². The van der Waals surface area contributed by atoms with Crippen LogP contribution in [-0.4, -0.2) is 61.6 Å². The van der Waals surface area contributed by atoms with Gasteiger partial charge >= 0.3 is 0 Å². The van der Waals surface area contributed by atoms with Crippen molar-refractivity contribution in [1.82, 2.24) is 20.9 Å². The normalized spacial score (nSPS) is 14.0. The van der Waals surface area contributed by atoms with Crippen molar-refractivity contribution in [2.24, 2.45) is 4.99 Å². The first-order valence-electron chi connectivity index (χ1n) is 7.73. The first kappa shape index (κ1) is 19.7. The van der Waals surface area contributed by atoms with Crippen LogP contribution in [0.1, 0.15) is 41.5 Å². The number of rotatable bonds is 7. The lowest BCUT2D eigenvalue weighted by atomic mass is 10.1. The van der Waals surface area contributed by atoms with Gasteiger partial charge in [-0.1, -0.05) is 13.8 Å². The monoisotopic (exact) mass is 299 g/mol. The van der Waals surface area contributed by atoms with Crippen LogP contribution in [0.5, 0.6) is 0 Å². The quantitative estimate of drug-likeness (QED) is 0.480. The van der Waals surface area contributed by atoms with Gasteiger partial charge in [0.25, 0.3) is 0 Å². The van der Waals surface area contributed by atoms with Gasteiger partial charge in [0.2, 0.25) is 5.91 Å². The van der Waals surface area contributed by atoms with E-state index >= 15 is 0 Å². The van der Waals surface area contributed by atoms with Crippen LogP contribution >= 0.6 is 0 Å². The number of nitrogens with one attached hydrogen (secondary N) is 3. The van der Waals surface area contributed by atoms with Gasteiger partial charge in [-0.05, 0) is 40.8 Å². The molecule has 0 heterocycles. The Hall–Kier alpha value is -1.30. The zero-order valence-electron chi connectivity index (χ0n) is 14.7. The molecule has 0 saturated carbocycles. The SMILES string of the molecule is CCN(CC)C(C)CNC(=NC)NCC(=O)NC(C)(C)C. The summed E-state index contributed by atoms with van der Waals surface area (Å²) in [6.45, 7) is 15.4. The highest BCUT2D eigenvalue weighted by Gasteiger charge is 2.14. The molecule has 0 radical (unpaired) electrons. The minimum atomic E-state index is -0.215. The van der Waals surface area contributed by atoms with Gasteiger partial charge in [0.15, 0.2) is 5.96 Å². The summed E-state index contributed by atoms with van der Waals surface area (Å²) in [4.78, 5) is 18.3. The van der Waals surface area contributed by atoms with Crippen LogP contribution in [0.2, 0.25) is 0 Å². The van der Waals surface area contributed by atoms with Gasteiger partial charge in [-0.2, -0.15) is 0 Å². The molecule has 0 aliphatic carbocycles. The number of likely N-dealkylation sites (N-methyl/N-ethyl adjacent to an activating group) is 1. The number of nitrogens with zero attached hydrogens (tertiary/aromatic N) is 2. The van der Waals surface area contributed by atoms with Crippen molar-refractivity contribution in [2.45, 2.75) is 53.1 Å². The highest BCUT2D eigenvalue weighted by Crippen LogP contribution is 1.97. The molecule has 0 rings (SSSR count). The Kier molecular flexibility index (Phi) is 9.01. The average molecular weight is 299 g/mol. The molecule has 0 aromatic carbocycles. The fourth-order valence-electron chi connectivity index (χ4n) is 2.07. The largest absolute Gasteiger partial charge is 0.355 e. The molecule has 0 aliphatic heterocycles. The highest BCUT2D eigenvalue weighted by molar-refractivity contribution is 5.86. The molecule has 1 amide bonds. The van der Waals surface area contributed by atoms with Crippen molar-refractivity contribution in [3.63, 3.8) is 0 Å². The molecule has 21 heavy (non-hydrogen) atoms. The average Bonchev–Trinajstić information content (AvgIpc) is 2.38. The van der Waals surface area contributed by atoms with Gasteiger partial charge < -0.3 is 16.0 Å². The van der Waals surface area contributed by atoms with Crippen molar-refractivity contribution < 1.29 is 4.79 Å². The van der Waals surface area contributed by atoms with Crippen LogP contribution in [-0.2, 0) is 4.79 Å². The predicted octanol–water partition coefficient (Wildman–Crippen LogP) is 0.796. The second-order valence-corrected chi connectivity index (χ2v) is 6.18. The molecule has 3 N–H and O–H groups in total. The lowest BCUT2D eigenvalue weighted by Crippen LogP contribution is -2.50. The van der Waals surface area contributed by atoms with E-state index in [2.05, 4.69) is 46.6 Å². The number of hydrogen-bond acceptors (Lipinski definition) is 3. The fraction of sp³-hybridized carbons (Fsp3) is 0.867. The van der Waals surface area contributed by atoms with E-state index in [4.69, 9.17) is 0 Å². The summed E-state index contributed by atoms with van der Waals surface area (Å²) in [6.07, 6.45) is 0. The first-order chi connectivity index (χ1) is 9.73. The molecule has 0 aromatic heterocycles. The molecule has 6 nitrogen and oxygen atoms in total. The maximum absolute atomic E-state index is 11.8. The third kappa shape index (κ3) is 9.28. The number of carbonyl (C=O) groups is 1. The summed E-state index contributed by atoms with van der Waals surface area (Å²) in [6, 6.07) is 0.418. The lowest BCUT2D eigenvalue weighted by molar-refractivity contribution is -0.121. The van der Waals surface area contributed by atoms with Gasteiger partial charge in [-0.25, -0.2) is 0 Å². The van der Waals surface area contributed by atoms with Crippen LogP contribution in [0.3, 0.4) is 0 Å². The summed E-state index contributed by atoms with van der Waals surface area (Å²) >= 11 is 0. The van der Waals surface area contributed by atoms with Crippen molar-refractivity contribution in [1.29, 1.82) is 0 Å². The number of aliphatic imine (C=N–C) groups is 1. The van der Waals surface area contributed by atoms with Crippen molar-refractivity contribution in [2.75, 3.05) is 33.2 Å². The molecule has 124 valence electrons. The molecular formula is C15H33N5O. The number of amides is 1. The van der Waals surface area contributed by atoms with E-state index in [0.717, 1.165) is 19.6 Å². The molecule has 0 aromatic rings. The van der Waals surface area contributed by atoms with Crippen molar-refractivity contribution in [3.8, 4) is 0 Å². The number of guanidine groups is 1. The molecule has 1 atom stereocenters. The Bertz CT molecular complexity index is 331. The second kappa shape index (κ2) is 9.60. The summed E-state index contributed by atoms with van der Waals surface area (Å²) in [5, 5.41) is 9.19. The molecular weight excluding hydrogens is 266 g/mol. The predicted molar refractivity (Wildman–Crippen MR) is 89.6 cm³/mol. The maximum atomic E-state index is 11.8. The second-order valence-electron chi connectivity index (χ2n) is 6.18. The van der Waals surface area contributed by atoms with E-state index in [1.165, 1.54) is 0 Å². The third-order valence-corrected chi connectivity index (χ3v) is 3.16. The van der Waals surface area contributed by atoms with Crippen molar-refractivity contribution in [3.05, 3.63) is 0 Å². The topological polar surface area (TPSA) is 68.8 Å². The molecule has 0 aliphatic rings. The minimum absolute atomic E-state index is 0.0396. The highest BCUT2D eigenvalue weighted by atomic mass is 16.2. The summed E-state index contributed by atoms with van der Waals surface area (Å²) in [7, 11) is 1.71. The summed E-state index contributed by atoms with van der Waals surface area (Å²) in [5.74, 6) is 0.611. The minimum Gasteiger partial charge on any atom is -0.355 e. The van der Waals surface area contributed by atoms with E-state index in [-0.39, 0.29) is 18.0 Å². The van der Waals surface area contributed by atoms with Crippen LogP contribution in [0.25, 0.3) is 0 Å². The van der Waals surface area contributed by atoms with Gasteiger partial charge in [-0.15, -0.1) is 0 Å². The molecule has 6 heteroatoms.